The van der Waals surface area contributed by atoms with Gasteiger partial charge in [-0.2, -0.15) is 0 Å². The van der Waals surface area contributed by atoms with E-state index in [4.69, 9.17) is 9.47 Å². The minimum absolute atomic E-state index is 0.163. The molecule has 0 unspecified atom stereocenters. The fourth-order valence-corrected chi connectivity index (χ4v) is 4.09. The molecule has 0 amide bonds. The smallest absolute Gasteiger partial charge is 0.337 e. The van der Waals surface area contributed by atoms with Crippen LogP contribution in [0.1, 0.15) is 22.8 Å². The Labute approximate surface area is 148 Å². The van der Waals surface area contributed by atoms with Crippen LogP contribution in [0.25, 0.3) is 0 Å². The molecule has 2 aromatic carbocycles. The summed E-state index contributed by atoms with van der Waals surface area (Å²) < 4.78 is 37.2. The van der Waals surface area contributed by atoms with Gasteiger partial charge in [-0.15, -0.1) is 0 Å². The van der Waals surface area contributed by atoms with Crippen LogP contribution in [0.15, 0.2) is 47.4 Å². The van der Waals surface area contributed by atoms with E-state index < -0.39 is 16.0 Å². The second kappa shape index (κ2) is 7.57. The van der Waals surface area contributed by atoms with Crippen LogP contribution in [0.3, 0.4) is 0 Å². The molecule has 0 aliphatic heterocycles. The molecule has 2 rings (SSSR count). The number of esters is 1. The number of anilines is 1. The maximum absolute atomic E-state index is 13.0. The molecule has 25 heavy (non-hydrogen) atoms. The molecule has 0 aliphatic rings. The third-order valence-electron chi connectivity index (χ3n) is 3.80. The van der Waals surface area contributed by atoms with Crippen LogP contribution in [-0.2, 0) is 14.8 Å². The number of hydrogen-bond acceptors (Lipinski definition) is 5. The Morgan fingerprint density at radius 2 is 1.84 bits per heavy atom. The molecule has 0 saturated carbocycles. The summed E-state index contributed by atoms with van der Waals surface area (Å²) in [6.07, 6.45) is 0. The first-order chi connectivity index (χ1) is 11.8. The van der Waals surface area contributed by atoms with Gasteiger partial charge in [0.15, 0.2) is 0 Å². The molecule has 6 nitrogen and oxygen atoms in total. The van der Waals surface area contributed by atoms with E-state index in [0.29, 0.717) is 17.0 Å². The summed E-state index contributed by atoms with van der Waals surface area (Å²) in [6, 6.07) is 11.1. The standard InChI is InChI=1S/C18H21NO5S/c1-5-19(15-8-6-7-14(12-15)18(20)24-4)25(21,22)16-9-10-17(23-3)13(2)11-16/h6-12H,5H2,1-4H3. The van der Waals surface area contributed by atoms with Gasteiger partial charge in [-0.05, 0) is 55.8 Å². The Kier molecular flexibility index (Phi) is 5.69. The van der Waals surface area contributed by atoms with Gasteiger partial charge in [0, 0.05) is 6.54 Å². The number of benzene rings is 2. The third-order valence-corrected chi connectivity index (χ3v) is 5.70. The van der Waals surface area contributed by atoms with E-state index >= 15 is 0 Å². The predicted molar refractivity (Wildman–Crippen MR) is 95.7 cm³/mol. The van der Waals surface area contributed by atoms with Crippen molar-refractivity contribution in [3.63, 3.8) is 0 Å². The largest absolute Gasteiger partial charge is 0.496 e. The number of hydrogen-bond donors (Lipinski definition) is 0. The second-order valence-corrected chi connectivity index (χ2v) is 7.21. The molecular weight excluding hydrogens is 342 g/mol. The van der Waals surface area contributed by atoms with Gasteiger partial charge in [0.1, 0.15) is 5.75 Å². The van der Waals surface area contributed by atoms with Gasteiger partial charge < -0.3 is 9.47 Å². The molecule has 0 bridgehead atoms. The number of methoxy groups -OCH3 is 2. The minimum atomic E-state index is -3.78. The maximum Gasteiger partial charge on any atom is 0.337 e. The Hall–Kier alpha value is -2.54. The Balaban J connectivity index is 2.49. The van der Waals surface area contributed by atoms with Crippen LogP contribution < -0.4 is 9.04 Å². The Bertz CT molecular complexity index is 877. The SMILES string of the molecule is CCN(c1cccc(C(=O)OC)c1)S(=O)(=O)c1ccc(OC)c(C)c1. The van der Waals surface area contributed by atoms with E-state index in [9.17, 15) is 13.2 Å². The van der Waals surface area contributed by atoms with Crippen LogP contribution in [0.4, 0.5) is 5.69 Å². The van der Waals surface area contributed by atoms with Crippen LogP contribution in [0, 0.1) is 6.92 Å². The molecule has 2 aromatic rings. The molecule has 0 spiro atoms. The summed E-state index contributed by atoms with van der Waals surface area (Å²) in [5, 5.41) is 0. The minimum Gasteiger partial charge on any atom is -0.496 e. The van der Waals surface area contributed by atoms with Gasteiger partial charge in [-0.3, -0.25) is 4.31 Å². The van der Waals surface area contributed by atoms with Gasteiger partial charge >= 0.3 is 5.97 Å². The lowest BCUT2D eigenvalue weighted by Crippen LogP contribution is -2.31. The van der Waals surface area contributed by atoms with Crippen LogP contribution in [0.5, 0.6) is 5.75 Å². The topological polar surface area (TPSA) is 72.9 Å². The van der Waals surface area contributed by atoms with E-state index in [-0.39, 0.29) is 11.4 Å². The monoisotopic (exact) mass is 363 g/mol. The van der Waals surface area contributed by atoms with Crippen molar-refractivity contribution in [3.8, 4) is 5.75 Å². The summed E-state index contributed by atoms with van der Waals surface area (Å²) in [5.41, 5.74) is 1.42. The zero-order chi connectivity index (χ0) is 18.6. The molecule has 0 aromatic heterocycles. The van der Waals surface area contributed by atoms with E-state index in [2.05, 4.69) is 0 Å². The van der Waals surface area contributed by atoms with E-state index in [0.717, 1.165) is 5.56 Å². The van der Waals surface area contributed by atoms with Crippen molar-refractivity contribution < 1.29 is 22.7 Å². The summed E-state index contributed by atoms with van der Waals surface area (Å²) in [5.74, 6) is 0.102. The molecular formula is C18H21NO5S. The van der Waals surface area contributed by atoms with E-state index in [1.807, 2.05) is 0 Å². The van der Waals surface area contributed by atoms with Crippen molar-refractivity contribution in [2.75, 3.05) is 25.1 Å². The number of carbonyl (C=O) groups is 1. The predicted octanol–water partition coefficient (Wildman–Crippen LogP) is 3.01. The molecule has 0 aliphatic carbocycles. The molecule has 0 heterocycles. The first-order valence-electron chi connectivity index (χ1n) is 7.71. The molecule has 7 heteroatoms. The second-order valence-electron chi connectivity index (χ2n) is 5.34. The number of aryl methyl sites for hydroxylation is 1. The number of ether oxygens (including phenoxy) is 2. The highest BCUT2D eigenvalue weighted by atomic mass is 32.2. The Morgan fingerprint density at radius 1 is 1.12 bits per heavy atom. The van der Waals surface area contributed by atoms with Gasteiger partial charge in [0.25, 0.3) is 10.0 Å². The van der Waals surface area contributed by atoms with E-state index in [1.165, 1.54) is 30.7 Å². The van der Waals surface area contributed by atoms with Crippen molar-refractivity contribution in [3.05, 3.63) is 53.6 Å². The first-order valence-corrected chi connectivity index (χ1v) is 9.15. The van der Waals surface area contributed by atoms with Crippen molar-refractivity contribution in [2.45, 2.75) is 18.7 Å². The summed E-state index contributed by atoms with van der Waals surface area (Å²) >= 11 is 0. The highest BCUT2D eigenvalue weighted by molar-refractivity contribution is 7.92. The molecule has 0 radical (unpaired) electrons. The van der Waals surface area contributed by atoms with Crippen molar-refractivity contribution in [1.82, 2.24) is 0 Å². The van der Waals surface area contributed by atoms with Gasteiger partial charge in [-0.1, -0.05) is 6.07 Å². The summed E-state index contributed by atoms with van der Waals surface area (Å²) in [6.45, 7) is 3.74. The van der Waals surface area contributed by atoms with Crippen LogP contribution >= 0.6 is 0 Å². The average molecular weight is 363 g/mol. The Morgan fingerprint density at radius 3 is 2.40 bits per heavy atom. The zero-order valence-corrected chi connectivity index (χ0v) is 15.5. The van der Waals surface area contributed by atoms with Gasteiger partial charge in [0.05, 0.1) is 30.4 Å². The van der Waals surface area contributed by atoms with Crippen LogP contribution in [0.2, 0.25) is 0 Å². The molecule has 0 atom stereocenters. The number of sulfonamides is 1. The van der Waals surface area contributed by atoms with Crippen LogP contribution in [-0.4, -0.2) is 35.2 Å². The van der Waals surface area contributed by atoms with E-state index in [1.54, 1.807) is 44.2 Å². The molecule has 0 N–H and O–H groups in total. The molecule has 0 fully saturated rings. The highest BCUT2D eigenvalue weighted by Crippen LogP contribution is 2.27. The average Bonchev–Trinajstić information content (AvgIpc) is 2.61. The molecule has 134 valence electrons. The lowest BCUT2D eigenvalue weighted by molar-refractivity contribution is 0.0600. The zero-order valence-electron chi connectivity index (χ0n) is 14.6. The van der Waals surface area contributed by atoms with Crippen molar-refractivity contribution >= 4 is 21.7 Å². The maximum atomic E-state index is 13.0. The quantitative estimate of drug-likeness (QED) is 0.738. The normalized spacial score (nSPS) is 11.0. The number of nitrogens with zero attached hydrogens (tertiary/aromatic N) is 1. The summed E-state index contributed by atoms with van der Waals surface area (Å²) in [7, 11) is -0.959. The summed E-state index contributed by atoms with van der Waals surface area (Å²) in [4.78, 5) is 11.9. The van der Waals surface area contributed by atoms with Gasteiger partial charge in [0.2, 0.25) is 0 Å². The van der Waals surface area contributed by atoms with Gasteiger partial charge in [-0.25, -0.2) is 13.2 Å². The fraction of sp³-hybridized carbons (Fsp3) is 0.278. The van der Waals surface area contributed by atoms with Crippen molar-refractivity contribution in [2.24, 2.45) is 0 Å². The number of carbonyl (C=O) groups excluding carboxylic acids is 1. The lowest BCUT2D eigenvalue weighted by Gasteiger charge is -2.23. The lowest BCUT2D eigenvalue weighted by atomic mass is 10.2. The fourth-order valence-electron chi connectivity index (χ4n) is 2.54. The number of rotatable bonds is 6. The van der Waals surface area contributed by atoms with Crippen molar-refractivity contribution in [1.29, 1.82) is 0 Å². The third kappa shape index (κ3) is 3.76. The highest BCUT2D eigenvalue weighted by Gasteiger charge is 2.25. The first kappa shape index (κ1) is 18.8. The molecule has 0 saturated heterocycles.